The molecule has 0 amide bonds. The van der Waals surface area contributed by atoms with Crippen molar-refractivity contribution in [3.63, 3.8) is 0 Å². The van der Waals surface area contributed by atoms with Gasteiger partial charge in [-0.15, -0.1) is 0 Å². The summed E-state index contributed by atoms with van der Waals surface area (Å²) in [6, 6.07) is 0. The van der Waals surface area contributed by atoms with Crippen molar-refractivity contribution in [1.29, 1.82) is 0 Å². The van der Waals surface area contributed by atoms with E-state index in [9.17, 15) is 5.11 Å². The number of hydrogen-bond donors (Lipinski definition) is 1. The molecule has 3 aliphatic carbocycles. The topological polar surface area (TPSA) is 47.9 Å². The van der Waals surface area contributed by atoms with Crippen LogP contribution >= 0.6 is 0 Å². The van der Waals surface area contributed by atoms with Crippen LogP contribution in [-0.2, 0) is 13.9 Å². The Hall–Kier alpha value is -0.383. The van der Waals surface area contributed by atoms with Crippen molar-refractivity contribution in [1.82, 2.24) is 0 Å². The first-order valence-electron chi connectivity index (χ1n) is 13.3. The highest BCUT2D eigenvalue weighted by molar-refractivity contribution is 6.74. The smallest absolute Gasteiger partial charge is 0.193 e. The Morgan fingerprint density at radius 1 is 0.969 bits per heavy atom. The molecule has 0 bridgehead atoms. The van der Waals surface area contributed by atoms with Crippen LogP contribution in [0.25, 0.3) is 0 Å². The standard InChI is InChI=1S/C27H46O4Si/c1-26(2,3)32(4,5)31-25(20-11-9-7-6-8-10-12-20)16-13-21-22-19-27(29-17-18-30-27)23(22)14-15-24(21)28/h20-25,28H,6-12,14-15,17-19H2,1-5H3/t21-,22-,23+,24-,25-/m1/s1. The summed E-state index contributed by atoms with van der Waals surface area (Å²) in [6.45, 7) is 13.0. The molecule has 1 aliphatic heterocycles. The molecule has 4 aliphatic rings. The van der Waals surface area contributed by atoms with Crippen LogP contribution in [0.3, 0.4) is 0 Å². The van der Waals surface area contributed by atoms with E-state index >= 15 is 0 Å². The van der Waals surface area contributed by atoms with Crippen LogP contribution in [0, 0.1) is 35.5 Å². The largest absolute Gasteiger partial charge is 0.403 e. The first-order chi connectivity index (χ1) is 15.1. The predicted molar refractivity (Wildman–Crippen MR) is 131 cm³/mol. The van der Waals surface area contributed by atoms with Gasteiger partial charge in [0.25, 0.3) is 0 Å². The molecule has 1 spiro atoms. The van der Waals surface area contributed by atoms with Gasteiger partial charge >= 0.3 is 0 Å². The molecule has 4 nitrogen and oxygen atoms in total. The van der Waals surface area contributed by atoms with Gasteiger partial charge in [-0.1, -0.05) is 64.7 Å². The van der Waals surface area contributed by atoms with Gasteiger partial charge in [0.2, 0.25) is 0 Å². The van der Waals surface area contributed by atoms with E-state index < -0.39 is 8.32 Å². The van der Waals surface area contributed by atoms with E-state index in [1.165, 1.54) is 44.9 Å². The van der Waals surface area contributed by atoms with Crippen LogP contribution in [0.1, 0.15) is 85.0 Å². The highest BCUT2D eigenvalue weighted by atomic mass is 28.4. The normalized spacial score (nSPS) is 34.6. The van der Waals surface area contributed by atoms with Gasteiger partial charge in [0.05, 0.1) is 19.3 Å². The lowest BCUT2D eigenvalue weighted by Crippen LogP contribution is -2.60. The molecule has 0 aromatic rings. The van der Waals surface area contributed by atoms with Crippen LogP contribution in [0.4, 0.5) is 0 Å². The van der Waals surface area contributed by atoms with Gasteiger partial charge in [-0.2, -0.15) is 0 Å². The maximum Gasteiger partial charge on any atom is 0.193 e. The number of rotatable bonds is 3. The molecule has 5 heteroatoms. The monoisotopic (exact) mass is 462 g/mol. The highest BCUT2D eigenvalue weighted by Crippen LogP contribution is 2.57. The van der Waals surface area contributed by atoms with E-state index in [-0.39, 0.29) is 29.0 Å². The Morgan fingerprint density at radius 3 is 2.22 bits per heavy atom. The van der Waals surface area contributed by atoms with Crippen molar-refractivity contribution < 1.29 is 19.0 Å². The number of aliphatic hydroxyl groups excluding tert-OH is 1. The quantitative estimate of drug-likeness (QED) is 0.419. The van der Waals surface area contributed by atoms with E-state index in [4.69, 9.17) is 13.9 Å². The molecule has 0 aromatic heterocycles. The maximum absolute atomic E-state index is 10.9. The first-order valence-corrected chi connectivity index (χ1v) is 16.2. The van der Waals surface area contributed by atoms with Gasteiger partial charge in [-0.3, -0.25) is 0 Å². The zero-order valence-corrected chi connectivity index (χ0v) is 22.1. The van der Waals surface area contributed by atoms with Crippen LogP contribution in [0.2, 0.25) is 18.1 Å². The summed E-state index contributed by atoms with van der Waals surface area (Å²) in [6.07, 6.45) is 11.4. The minimum atomic E-state index is -1.93. The summed E-state index contributed by atoms with van der Waals surface area (Å²) >= 11 is 0. The van der Waals surface area contributed by atoms with Crippen LogP contribution in [0.5, 0.6) is 0 Å². The summed E-state index contributed by atoms with van der Waals surface area (Å²) in [7, 11) is -1.93. The SMILES string of the molecule is CC(C)(C)[Si](C)(C)O[C@H](C#C[C@@H]1[C@H]2CC3(OCCO3)[C@H]2CC[C@H]1O)C1CCCCCCC1. The van der Waals surface area contributed by atoms with Gasteiger partial charge < -0.3 is 19.0 Å². The fourth-order valence-electron chi connectivity index (χ4n) is 6.13. The molecular formula is C27H46O4Si. The molecular weight excluding hydrogens is 416 g/mol. The zero-order valence-electron chi connectivity index (χ0n) is 21.1. The van der Waals surface area contributed by atoms with E-state index in [0.29, 0.717) is 31.0 Å². The molecule has 1 heterocycles. The molecule has 4 rings (SSSR count). The van der Waals surface area contributed by atoms with Crippen LogP contribution in [0.15, 0.2) is 0 Å². The summed E-state index contributed by atoms with van der Waals surface area (Å²) in [4.78, 5) is 0. The van der Waals surface area contributed by atoms with Crippen molar-refractivity contribution in [2.75, 3.05) is 13.2 Å². The molecule has 1 N–H and O–H groups in total. The van der Waals surface area contributed by atoms with E-state index in [1.807, 2.05) is 0 Å². The second-order valence-electron chi connectivity index (χ2n) is 12.3. The molecule has 5 atom stereocenters. The third kappa shape index (κ3) is 5.00. The Bertz CT molecular complexity index is 689. The van der Waals surface area contributed by atoms with Gasteiger partial charge in [-0.05, 0) is 55.7 Å². The number of fused-ring (bicyclic) bond motifs is 2. The molecule has 1 saturated heterocycles. The lowest BCUT2D eigenvalue weighted by atomic mass is 9.56. The fraction of sp³-hybridized carbons (Fsp3) is 0.926. The summed E-state index contributed by atoms with van der Waals surface area (Å²) < 4.78 is 19.0. The molecule has 3 saturated carbocycles. The van der Waals surface area contributed by atoms with Crippen molar-refractivity contribution in [3.8, 4) is 11.8 Å². The molecule has 182 valence electrons. The summed E-state index contributed by atoms with van der Waals surface area (Å²) in [5, 5.41) is 11.0. The third-order valence-electron chi connectivity index (χ3n) is 9.23. The zero-order chi connectivity index (χ0) is 23.0. The Kier molecular flexibility index (Phi) is 7.50. The molecule has 0 unspecified atom stereocenters. The average Bonchev–Trinajstić information content (AvgIpc) is 3.17. The van der Waals surface area contributed by atoms with Gasteiger partial charge in [0, 0.05) is 18.3 Å². The number of ether oxygens (including phenoxy) is 2. The van der Waals surface area contributed by atoms with Crippen molar-refractivity contribution in [2.24, 2.45) is 23.7 Å². The van der Waals surface area contributed by atoms with Gasteiger partial charge in [-0.25, -0.2) is 0 Å². The van der Waals surface area contributed by atoms with Crippen LogP contribution in [-0.4, -0.2) is 44.6 Å². The van der Waals surface area contributed by atoms with E-state index in [0.717, 1.165) is 19.3 Å². The highest BCUT2D eigenvalue weighted by Gasteiger charge is 2.62. The Labute approximate surface area is 197 Å². The lowest BCUT2D eigenvalue weighted by molar-refractivity contribution is -0.296. The minimum Gasteiger partial charge on any atom is -0.403 e. The average molecular weight is 463 g/mol. The van der Waals surface area contributed by atoms with Gasteiger partial charge in [0.1, 0.15) is 6.10 Å². The molecule has 0 aromatic carbocycles. The lowest BCUT2D eigenvalue weighted by Gasteiger charge is -2.56. The number of hydrogen-bond acceptors (Lipinski definition) is 4. The van der Waals surface area contributed by atoms with Crippen molar-refractivity contribution in [3.05, 3.63) is 0 Å². The van der Waals surface area contributed by atoms with Crippen molar-refractivity contribution in [2.45, 2.75) is 121 Å². The molecule has 4 fully saturated rings. The Morgan fingerprint density at radius 2 is 1.59 bits per heavy atom. The molecule has 32 heavy (non-hydrogen) atoms. The van der Waals surface area contributed by atoms with E-state index in [1.54, 1.807) is 0 Å². The van der Waals surface area contributed by atoms with Crippen LogP contribution < -0.4 is 0 Å². The Balaban J connectivity index is 1.53. The molecule has 0 radical (unpaired) electrons. The first kappa shape index (κ1) is 24.7. The summed E-state index contributed by atoms with van der Waals surface area (Å²) in [5.74, 6) is 8.18. The van der Waals surface area contributed by atoms with E-state index in [2.05, 4.69) is 45.7 Å². The second kappa shape index (κ2) is 9.70. The second-order valence-corrected chi connectivity index (χ2v) is 17.1. The minimum absolute atomic E-state index is 0.00501. The number of aliphatic hydroxyl groups is 1. The van der Waals surface area contributed by atoms with Crippen molar-refractivity contribution >= 4 is 8.32 Å². The van der Waals surface area contributed by atoms with Gasteiger partial charge in [0.15, 0.2) is 14.1 Å². The maximum atomic E-state index is 10.9. The fourth-order valence-corrected chi connectivity index (χ4v) is 7.37. The summed E-state index contributed by atoms with van der Waals surface area (Å²) in [5.41, 5.74) is 0. The third-order valence-corrected chi connectivity index (χ3v) is 13.7. The predicted octanol–water partition coefficient (Wildman–Crippen LogP) is 5.89.